The lowest BCUT2D eigenvalue weighted by Crippen LogP contribution is -2.37. The van der Waals surface area contributed by atoms with Gasteiger partial charge in [0.15, 0.2) is 6.10 Å². The van der Waals surface area contributed by atoms with Crippen molar-refractivity contribution in [2.45, 2.75) is 12.1 Å². The topological polar surface area (TPSA) is 59.1 Å². The molecule has 0 spiro atoms. The number of rotatable bonds is 4. The molecule has 3 atom stereocenters. The molecule has 6 nitrogen and oxygen atoms in total. The van der Waals surface area contributed by atoms with Crippen molar-refractivity contribution in [3.05, 3.63) is 88.4 Å². The van der Waals surface area contributed by atoms with Gasteiger partial charge in [-0.15, -0.1) is 0 Å². The molecular formula is C24H18Cl2N2O4. The van der Waals surface area contributed by atoms with E-state index in [0.717, 1.165) is 4.90 Å². The molecule has 162 valence electrons. The first-order valence-corrected chi connectivity index (χ1v) is 10.7. The van der Waals surface area contributed by atoms with Gasteiger partial charge < -0.3 is 4.74 Å². The predicted molar refractivity (Wildman–Crippen MR) is 122 cm³/mol. The van der Waals surface area contributed by atoms with E-state index in [1.165, 1.54) is 7.11 Å². The van der Waals surface area contributed by atoms with Crippen LogP contribution >= 0.6 is 23.2 Å². The SMILES string of the molecule is COc1ccccc1N1C(=O)C2ON(c3ccccc3)C(c3ccc(Cl)cc3Cl)C2C1=O. The van der Waals surface area contributed by atoms with Crippen molar-refractivity contribution in [2.24, 2.45) is 5.92 Å². The van der Waals surface area contributed by atoms with Crippen LogP contribution in [0.5, 0.6) is 5.75 Å². The Bertz CT molecular complexity index is 1200. The molecule has 0 saturated carbocycles. The Morgan fingerprint density at radius 1 is 0.906 bits per heavy atom. The van der Waals surface area contributed by atoms with E-state index < -0.39 is 24.0 Å². The Kier molecular flexibility index (Phi) is 5.29. The maximum Gasteiger partial charge on any atom is 0.266 e. The minimum Gasteiger partial charge on any atom is -0.495 e. The first-order chi connectivity index (χ1) is 15.5. The monoisotopic (exact) mass is 468 g/mol. The molecule has 32 heavy (non-hydrogen) atoms. The van der Waals surface area contributed by atoms with E-state index in [0.29, 0.717) is 32.7 Å². The second kappa shape index (κ2) is 8.13. The van der Waals surface area contributed by atoms with E-state index >= 15 is 0 Å². The third kappa shape index (κ3) is 3.23. The fourth-order valence-corrected chi connectivity index (χ4v) is 4.84. The van der Waals surface area contributed by atoms with Crippen molar-refractivity contribution in [3.63, 3.8) is 0 Å². The quantitative estimate of drug-likeness (QED) is 0.501. The van der Waals surface area contributed by atoms with Crippen molar-refractivity contribution in [1.82, 2.24) is 0 Å². The maximum atomic E-state index is 13.7. The Hall–Kier alpha value is -3.06. The van der Waals surface area contributed by atoms with E-state index in [4.69, 9.17) is 32.8 Å². The first kappa shape index (κ1) is 20.8. The smallest absolute Gasteiger partial charge is 0.266 e. The highest BCUT2D eigenvalue weighted by atomic mass is 35.5. The number of imide groups is 1. The van der Waals surface area contributed by atoms with Gasteiger partial charge in [0.1, 0.15) is 11.7 Å². The van der Waals surface area contributed by atoms with Crippen LogP contribution in [-0.4, -0.2) is 25.0 Å². The number of nitrogens with zero attached hydrogens (tertiary/aromatic N) is 2. The lowest BCUT2D eigenvalue weighted by Gasteiger charge is -2.29. The van der Waals surface area contributed by atoms with Gasteiger partial charge in [0.05, 0.1) is 24.5 Å². The Morgan fingerprint density at radius 3 is 2.34 bits per heavy atom. The number of amides is 2. The van der Waals surface area contributed by atoms with E-state index in [1.807, 2.05) is 30.3 Å². The molecule has 0 aromatic heterocycles. The minimum atomic E-state index is -0.996. The van der Waals surface area contributed by atoms with E-state index in [1.54, 1.807) is 47.5 Å². The van der Waals surface area contributed by atoms with Crippen LogP contribution in [0, 0.1) is 5.92 Å². The number of fused-ring (bicyclic) bond motifs is 1. The minimum absolute atomic E-state index is 0.376. The normalized spacial score (nSPS) is 22.4. The van der Waals surface area contributed by atoms with Crippen molar-refractivity contribution in [1.29, 1.82) is 0 Å². The molecule has 2 aliphatic rings. The second-order valence-electron chi connectivity index (χ2n) is 7.51. The van der Waals surface area contributed by atoms with Gasteiger partial charge in [-0.2, -0.15) is 0 Å². The fourth-order valence-electron chi connectivity index (χ4n) is 4.32. The van der Waals surface area contributed by atoms with Gasteiger partial charge in [0.25, 0.3) is 5.91 Å². The van der Waals surface area contributed by atoms with Crippen LogP contribution < -0.4 is 14.7 Å². The van der Waals surface area contributed by atoms with Crippen molar-refractivity contribution >= 4 is 46.4 Å². The summed E-state index contributed by atoms with van der Waals surface area (Å²) in [6.07, 6.45) is -0.996. The van der Waals surface area contributed by atoms with Crippen LogP contribution in [0.3, 0.4) is 0 Å². The number of methoxy groups -OCH3 is 1. The maximum absolute atomic E-state index is 13.7. The summed E-state index contributed by atoms with van der Waals surface area (Å²) in [4.78, 5) is 34.3. The molecule has 0 radical (unpaired) electrons. The van der Waals surface area contributed by atoms with Gasteiger partial charge in [-0.1, -0.05) is 59.6 Å². The Balaban J connectivity index is 1.62. The van der Waals surface area contributed by atoms with Gasteiger partial charge in [0, 0.05) is 10.0 Å². The third-order valence-corrected chi connectivity index (χ3v) is 6.30. The van der Waals surface area contributed by atoms with Crippen molar-refractivity contribution < 1.29 is 19.2 Å². The van der Waals surface area contributed by atoms with E-state index in [-0.39, 0.29) is 5.91 Å². The zero-order valence-electron chi connectivity index (χ0n) is 16.9. The number of halogens is 2. The second-order valence-corrected chi connectivity index (χ2v) is 8.35. The number of para-hydroxylation sites is 3. The highest BCUT2D eigenvalue weighted by Gasteiger charge is 2.61. The van der Waals surface area contributed by atoms with Crippen LogP contribution in [0.2, 0.25) is 10.0 Å². The van der Waals surface area contributed by atoms with Crippen molar-refractivity contribution in [2.75, 3.05) is 17.1 Å². The molecule has 0 N–H and O–H groups in total. The third-order valence-electron chi connectivity index (χ3n) is 5.73. The molecule has 0 aliphatic carbocycles. The summed E-state index contributed by atoms with van der Waals surface area (Å²) >= 11 is 12.6. The number of benzene rings is 3. The Labute approximate surface area is 194 Å². The number of anilines is 2. The standard InChI is InChI=1S/C24H18Cl2N2O4/c1-31-19-10-6-5-9-18(19)27-23(29)20-21(16-12-11-14(25)13-17(16)26)28(32-22(20)24(27)30)15-7-3-2-4-8-15/h2-13,20-22H,1H3. The average Bonchev–Trinajstić information content (AvgIpc) is 3.30. The van der Waals surface area contributed by atoms with Gasteiger partial charge in [0.2, 0.25) is 5.91 Å². The lowest BCUT2D eigenvalue weighted by atomic mass is 9.90. The molecule has 2 amide bonds. The highest BCUT2D eigenvalue weighted by Crippen LogP contribution is 2.50. The zero-order chi connectivity index (χ0) is 22.4. The average molecular weight is 469 g/mol. The lowest BCUT2D eigenvalue weighted by molar-refractivity contribution is -0.126. The van der Waals surface area contributed by atoms with Crippen LogP contribution in [0.4, 0.5) is 11.4 Å². The molecule has 8 heteroatoms. The number of carbonyl (C=O) groups excluding carboxylic acids is 2. The largest absolute Gasteiger partial charge is 0.495 e. The van der Waals surface area contributed by atoms with E-state index in [2.05, 4.69) is 0 Å². The van der Waals surface area contributed by atoms with Gasteiger partial charge in [-0.05, 0) is 42.0 Å². The number of hydroxylamine groups is 1. The van der Waals surface area contributed by atoms with Crippen LogP contribution in [-0.2, 0) is 14.4 Å². The summed E-state index contributed by atoms with van der Waals surface area (Å²) in [5.74, 6) is -1.20. The fraction of sp³-hybridized carbons (Fsp3) is 0.167. The van der Waals surface area contributed by atoms with Crippen LogP contribution in [0.15, 0.2) is 72.8 Å². The highest BCUT2D eigenvalue weighted by molar-refractivity contribution is 6.35. The summed E-state index contributed by atoms with van der Waals surface area (Å²) in [5, 5.41) is 2.47. The van der Waals surface area contributed by atoms with E-state index in [9.17, 15) is 9.59 Å². The Morgan fingerprint density at radius 2 is 1.62 bits per heavy atom. The predicted octanol–water partition coefficient (Wildman–Crippen LogP) is 5.05. The van der Waals surface area contributed by atoms with Crippen LogP contribution in [0.25, 0.3) is 0 Å². The molecule has 0 bridgehead atoms. The van der Waals surface area contributed by atoms with Gasteiger partial charge in [-0.25, -0.2) is 9.96 Å². The van der Waals surface area contributed by atoms with Crippen LogP contribution in [0.1, 0.15) is 11.6 Å². The molecule has 2 saturated heterocycles. The number of hydrogen-bond donors (Lipinski definition) is 0. The summed E-state index contributed by atoms with van der Waals surface area (Å²) < 4.78 is 5.38. The summed E-state index contributed by atoms with van der Waals surface area (Å²) in [6, 6.07) is 20.7. The summed E-state index contributed by atoms with van der Waals surface area (Å²) in [6.45, 7) is 0. The van der Waals surface area contributed by atoms with Gasteiger partial charge >= 0.3 is 0 Å². The molecule has 3 aromatic carbocycles. The zero-order valence-corrected chi connectivity index (χ0v) is 18.5. The number of hydrogen-bond acceptors (Lipinski definition) is 5. The molecule has 2 aliphatic heterocycles. The van der Waals surface area contributed by atoms with Gasteiger partial charge in [-0.3, -0.25) is 14.4 Å². The molecule has 2 heterocycles. The molecule has 3 unspecified atom stereocenters. The number of carbonyl (C=O) groups is 2. The van der Waals surface area contributed by atoms with Crippen molar-refractivity contribution in [3.8, 4) is 5.75 Å². The summed E-state index contributed by atoms with van der Waals surface area (Å²) in [7, 11) is 1.49. The molecule has 3 aromatic rings. The molecular weight excluding hydrogens is 451 g/mol. The molecule has 5 rings (SSSR count). The first-order valence-electron chi connectivity index (χ1n) is 9.98. The summed E-state index contributed by atoms with van der Waals surface area (Å²) in [5.41, 5.74) is 1.74. The number of ether oxygens (including phenoxy) is 1. The molecule has 2 fully saturated rings.